The van der Waals surface area contributed by atoms with Crippen molar-refractivity contribution in [1.82, 2.24) is 0 Å². The first-order valence-electron chi connectivity index (χ1n) is 8.41. The monoisotopic (exact) mass is 339 g/mol. The molecule has 0 fully saturated rings. The fourth-order valence-corrected chi connectivity index (χ4v) is 5.59. The molecule has 0 saturated carbocycles. The lowest BCUT2D eigenvalue weighted by Crippen LogP contribution is -2.38. The normalized spacial score (nSPS) is 19.7. The van der Waals surface area contributed by atoms with Crippen LogP contribution >= 0.6 is 0 Å². The summed E-state index contributed by atoms with van der Waals surface area (Å²) >= 11 is 0. The molecule has 1 aliphatic carbocycles. The van der Waals surface area contributed by atoms with E-state index >= 15 is 0 Å². The lowest BCUT2D eigenvalue weighted by atomic mass is 9.92. The number of nitrogens with zero attached hydrogens (tertiary/aromatic N) is 1. The number of benzene rings is 2. The molecular formula is C20H21NO2S. The molecule has 0 radical (unpaired) electrons. The predicted molar refractivity (Wildman–Crippen MR) is 97.6 cm³/mol. The largest absolute Gasteiger partial charge is 0.264 e. The molecule has 1 heterocycles. The maximum Gasteiger partial charge on any atom is 0.264 e. The standard InChI is InChI=1S/C20H21NO2S/c1-14-10-12-16(13-11-14)24(22,23)21-19-9-4-3-7-17(19)18-8-5-6-15(2)20(18)21/h5-8,10-13,19H,3-4,9H2,1-2H3. The van der Waals surface area contributed by atoms with Gasteiger partial charge in [0.2, 0.25) is 0 Å². The first-order valence-corrected chi connectivity index (χ1v) is 9.85. The highest BCUT2D eigenvalue weighted by molar-refractivity contribution is 7.93. The van der Waals surface area contributed by atoms with Crippen LogP contribution in [0.15, 0.2) is 53.4 Å². The van der Waals surface area contributed by atoms with Gasteiger partial charge < -0.3 is 0 Å². The van der Waals surface area contributed by atoms with Crippen LogP contribution in [0.4, 0.5) is 5.69 Å². The number of sulfonamides is 1. The van der Waals surface area contributed by atoms with Crippen molar-refractivity contribution in [3.8, 4) is 0 Å². The fraction of sp³-hybridized carbons (Fsp3) is 0.300. The lowest BCUT2D eigenvalue weighted by Gasteiger charge is -2.29. The summed E-state index contributed by atoms with van der Waals surface area (Å²) in [5, 5.41) is 0. The molecule has 1 atom stereocenters. The average Bonchev–Trinajstić information content (AvgIpc) is 2.92. The molecule has 4 heteroatoms. The molecule has 0 saturated heterocycles. The Hall–Kier alpha value is -2.07. The average molecular weight is 339 g/mol. The van der Waals surface area contributed by atoms with Crippen molar-refractivity contribution < 1.29 is 8.42 Å². The molecular weight excluding hydrogens is 318 g/mol. The molecule has 3 nitrogen and oxygen atoms in total. The Labute approximate surface area is 143 Å². The van der Waals surface area contributed by atoms with Crippen molar-refractivity contribution in [1.29, 1.82) is 0 Å². The number of anilines is 1. The fourth-order valence-electron chi connectivity index (χ4n) is 3.85. The van der Waals surface area contributed by atoms with Gasteiger partial charge in [-0.1, -0.05) is 42.0 Å². The summed E-state index contributed by atoms with van der Waals surface area (Å²) in [5.41, 5.74) is 5.19. The smallest absolute Gasteiger partial charge is 0.258 e. The van der Waals surface area contributed by atoms with E-state index in [1.807, 2.05) is 38.1 Å². The van der Waals surface area contributed by atoms with Gasteiger partial charge in [-0.25, -0.2) is 8.42 Å². The van der Waals surface area contributed by atoms with Gasteiger partial charge in [0.1, 0.15) is 0 Å². The van der Waals surface area contributed by atoms with E-state index in [0.29, 0.717) is 4.90 Å². The third-order valence-electron chi connectivity index (χ3n) is 5.03. The number of allylic oxidation sites excluding steroid dienone is 1. The van der Waals surface area contributed by atoms with Crippen molar-refractivity contribution in [2.75, 3.05) is 4.31 Å². The molecule has 0 N–H and O–H groups in total. The number of rotatable bonds is 2. The molecule has 2 aromatic rings. The summed E-state index contributed by atoms with van der Waals surface area (Å²) in [5.74, 6) is 0. The predicted octanol–water partition coefficient (Wildman–Crippen LogP) is 4.45. The van der Waals surface area contributed by atoms with E-state index in [9.17, 15) is 8.42 Å². The van der Waals surface area contributed by atoms with Gasteiger partial charge in [0.05, 0.1) is 16.6 Å². The summed E-state index contributed by atoms with van der Waals surface area (Å²) in [4.78, 5) is 0.370. The lowest BCUT2D eigenvalue weighted by molar-refractivity contribution is 0.578. The Bertz CT molecular complexity index is 927. The second kappa shape index (κ2) is 5.49. The van der Waals surface area contributed by atoms with Crippen molar-refractivity contribution >= 4 is 21.3 Å². The van der Waals surface area contributed by atoms with Gasteiger partial charge in [-0.3, -0.25) is 4.31 Å². The highest BCUT2D eigenvalue weighted by Crippen LogP contribution is 2.48. The summed E-state index contributed by atoms with van der Waals surface area (Å²) in [6, 6.07) is 13.1. The molecule has 0 spiro atoms. The van der Waals surface area contributed by atoms with Crippen molar-refractivity contribution in [2.45, 2.75) is 44.0 Å². The second-order valence-electron chi connectivity index (χ2n) is 6.69. The van der Waals surface area contributed by atoms with Crippen LogP contribution < -0.4 is 4.31 Å². The van der Waals surface area contributed by atoms with E-state index in [1.165, 1.54) is 5.57 Å². The minimum Gasteiger partial charge on any atom is -0.258 e. The molecule has 124 valence electrons. The van der Waals surface area contributed by atoms with Gasteiger partial charge in [0.15, 0.2) is 0 Å². The zero-order valence-electron chi connectivity index (χ0n) is 14.0. The van der Waals surface area contributed by atoms with Gasteiger partial charge in [0.25, 0.3) is 10.0 Å². The van der Waals surface area contributed by atoms with Crippen LogP contribution in [0.25, 0.3) is 5.57 Å². The molecule has 1 unspecified atom stereocenters. The summed E-state index contributed by atoms with van der Waals surface area (Å²) in [7, 11) is -3.57. The number of para-hydroxylation sites is 1. The van der Waals surface area contributed by atoms with E-state index < -0.39 is 10.0 Å². The van der Waals surface area contributed by atoms with E-state index in [-0.39, 0.29) is 6.04 Å². The van der Waals surface area contributed by atoms with Gasteiger partial charge >= 0.3 is 0 Å². The molecule has 2 aliphatic rings. The van der Waals surface area contributed by atoms with Crippen LogP contribution in [0.5, 0.6) is 0 Å². The van der Waals surface area contributed by atoms with E-state index in [0.717, 1.165) is 41.6 Å². The van der Waals surface area contributed by atoms with Crippen LogP contribution in [0.2, 0.25) is 0 Å². The first-order chi connectivity index (χ1) is 11.5. The number of aryl methyl sites for hydroxylation is 2. The zero-order chi connectivity index (χ0) is 16.9. The van der Waals surface area contributed by atoms with Crippen molar-refractivity contribution in [3.05, 3.63) is 65.2 Å². The number of hydrogen-bond donors (Lipinski definition) is 0. The zero-order valence-corrected chi connectivity index (χ0v) is 14.8. The van der Waals surface area contributed by atoms with Crippen LogP contribution in [-0.2, 0) is 10.0 Å². The number of fused-ring (bicyclic) bond motifs is 3. The van der Waals surface area contributed by atoms with E-state index in [1.54, 1.807) is 16.4 Å². The third-order valence-corrected chi connectivity index (χ3v) is 6.86. The Morgan fingerprint density at radius 1 is 1.04 bits per heavy atom. The first kappa shape index (κ1) is 15.5. The van der Waals surface area contributed by atoms with Crippen LogP contribution in [0.3, 0.4) is 0 Å². The van der Waals surface area contributed by atoms with E-state index in [2.05, 4.69) is 12.1 Å². The summed E-state index contributed by atoms with van der Waals surface area (Å²) in [6.45, 7) is 3.96. The summed E-state index contributed by atoms with van der Waals surface area (Å²) in [6.07, 6.45) is 5.15. The van der Waals surface area contributed by atoms with Crippen molar-refractivity contribution in [2.24, 2.45) is 0 Å². The quantitative estimate of drug-likeness (QED) is 0.811. The highest BCUT2D eigenvalue weighted by Gasteiger charge is 2.42. The minimum atomic E-state index is -3.57. The molecule has 24 heavy (non-hydrogen) atoms. The SMILES string of the molecule is Cc1ccc(S(=O)(=O)N2c3c(C)cccc3C3=CCCCC32)cc1. The Morgan fingerprint density at radius 2 is 1.79 bits per heavy atom. The third kappa shape index (κ3) is 2.20. The van der Waals surface area contributed by atoms with Gasteiger partial charge in [-0.2, -0.15) is 0 Å². The van der Waals surface area contributed by atoms with Crippen LogP contribution in [0, 0.1) is 13.8 Å². The molecule has 2 aromatic carbocycles. The van der Waals surface area contributed by atoms with Crippen molar-refractivity contribution in [3.63, 3.8) is 0 Å². The second-order valence-corrected chi connectivity index (χ2v) is 8.51. The van der Waals surface area contributed by atoms with Gasteiger partial charge in [-0.15, -0.1) is 0 Å². The molecule has 0 amide bonds. The maximum absolute atomic E-state index is 13.4. The minimum absolute atomic E-state index is 0.0684. The maximum atomic E-state index is 13.4. The number of hydrogen-bond acceptors (Lipinski definition) is 2. The van der Waals surface area contributed by atoms with Crippen LogP contribution in [0.1, 0.15) is 36.0 Å². The topological polar surface area (TPSA) is 37.4 Å². The highest BCUT2D eigenvalue weighted by atomic mass is 32.2. The molecule has 1 aliphatic heterocycles. The Balaban J connectivity index is 1.93. The van der Waals surface area contributed by atoms with Crippen LogP contribution in [-0.4, -0.2) is 14.5 Å². The molecule has 0 bridgehead atoms. The Morgan fingerprint density at radius 3 is 2.54 bits per heavy atom. The molecule has 0 aromatic heterocycles. The van der Waals surface area contributed by atoms with Gasteiger partial charge in [-0.05, 0) is 56.4 Å². The van der Waals surface area contributed by atoms with Gasteiger partial charge in [0, 0.05) is 5.56 Å². The summed E-state index contributed by atoms with van der Waals surface area (Å²) < 4.78 is 28.5. The Kier molecular flexibility index (Phi) is 3.53. The van der Waals surface area contributed by atoms with E-state index in [4.69, 9.17) is 0 Å². The molecule has 4 rings (SSSR count).